The largest absolute Gasteiger partial charge is 0.344 e. The van der Waals surface area contributed by atoms with E-state index in [0.29, 0.717) is 6.04 Å². The van der Waals surface area contributed by atoms with E-state index in [1.807, 2.05) is 0 Å². The first kappa shape index (κ1) is 14.9. The predicted octanol–water partition coefficient (Wildman–Crippen LogP) is 1.65. The molecule has 1 aromatic rings. The van der Waals surface area contributed by atoms with Gasteiger partial charge in [-0.3, -0.25) is 4.90 Å². The van der Waals surface area contributed by atoms with Gasteiger partial charge in [0.15, 0.2) is 0 Å². The van der Waals surface area contributed by atoms with E-state index in [0.717, 1.165) is 37.8 Å². The average Bonchev–Trinajstić information content (AvgIpc) is 3.14. The van der Waals surface area contributed by atoms with Crippen LogP contribution in [-0.4, -0.2) is 60.8 Å². The second kappa shape index (κ2) is 6.79. The molecule has 118 valence electrons. The summed E-state index contributed by atoms with van der Waals surface area (Å²) in [6.45, 7) is 8.89. The number of nitrogens with one attached hydrogen (secondary N) is 1. The van der Waals surface area contributed by atoms with Crippen molar-refractivity contribution in [2.75, 3.05) is 51.2 Å². The Hall–Kier alpha value is -1.07. The Kier molecular flexibility index (Phi) is 4.80. The number of likely N-dealkylation sites (N-methyl/N-ethyl adjacent to an activating group) is 1. The molecule has 0 radical (unpaired) electrons. The van der Waals surface area contributed by atoms with Gasteiger partial charge in [0.2, 0.25) is 5.95 Å². The molecule has 1 saturated carbocycles. The zero-order chi connectivity index (χ0) is 14.7. The van der Waals surface area contributed by atoms with Gasteiger partial charge in [0.25, 0.3) is 0 Å². The lowest BCUT2D eigenvalue weighted by Crippen LogP contribution is -2.46. The minimum Gasteiger partial charge on any atom is -0.344 e. The van der Waals surface area contributed by atoms with Crippen LogP contribution in [0.15, 0.2) is 6.20 Å². The third-order valence-corrected chi connectivity index (χ3v) is 4.85. The van der Waals surface area contributed by atoms with Crippen LogP contribution in [-0.2, 0) is 0 Å². The molecule has 0 amide bonds. The lowest BCUT2D eigenvalue weighted by molar-refractivity contribution is 0.246. The van der Waals surface area contributed by atoms with E-state index >= 15 is 0 Å². The maximum Gasteiger partial charge on any atom is 0.205 e. The molecule has 2 aliphatic rings. The van der Waals surface area contributed by atoms with Crippen molar-refractivity contribution in [2.45, 2.75) is 38.6 Å². The highest BCUT2D eigenvalue weighted by Gasteiger charge is 2.22. The lowest BCUT2D eigenvalue weighted by Gasteiger charge is -2.30. The molecule has 0 atom stereocenters. The molecule has 5 heteroatoms. The number of hydrogen-bond donors (Lipinski definition) is 1. The fourth-order valence-electron chi connectivity index (χ4n) is 3.56. The molecule has 1 aliphatic heterocycles. The Morgan fingerprint density at radius 3 is 2.71 bits per heavy atom. The Bertz CT molecular complexity index is 444. The van der Waals surface area contributed by atoms with Crippen molar-refractivity contribution in [3.05, 3.63) is 11.9 Å². The lowest BCUT2D eigenvalue weighted by atomic mass is 10.2. The van der Waals surface area contributed by atoms with Crippen LogP contribution in [0.25, 0.3) is 0 Å². The summed E-state index contributed by atoms with van der Waals surface area (Å²) >= 11 is 0. The molecule has 1 aliphatic carbocycles. The summed E-state index contributed by atoms with van der Waals surface area (Å²) in [5.41, 5.74) is 1.14. The summed E-state index contributed by atoms with van der Waals surface area (Å²) in [6.07, 6.45) is 7.60. The fourth-order valence-corrected chi connectivity index (χ4v) is 3.56. The Morgan fingerprint density at radius 2 is 2.00 bits per heavy atom. The van der Waals surface area contributed by atoms with Gasteiger partial charge < -0.3 is 14.8 Å². The normalized spacial score (nSPS) is 21.0. The molecule has 2 heterocycles. The summed E-state index contributed by atoms with van der Waals surface area (Å²) in [5.74, 6) is 1.16. The van der Waals surface area contributed by atoms with E-state index in [1.54, 1.807) is 0 Å². The van der Waals surface area contributed by atoms with E-state index in [1.165, 1.54) is 38.8 Å². The number of aromatic nitrogens is 2. The summed E-state index contributed by atoms with van der Waals surface area (Å²) in [7, 11) is 2.19. The zero-order valence-corrected chi connectivity index (χ0v) is 13.5. The molecule has 3 rings (SSSR count). The highest BCUT2D eigenvalue weighted by molar-refractivity contribution is 5.33. The second-order valence-corrected chi connectivity index (χ2v) is 6.54. The van der Waals surface area contributed by atoms with Gasteiger partial charge in [0.1, 0.15) is 0 Å². The summed E-state index contributed by atoms with van der Waals surface area (Å²) in [6, 6.07) is 0.669. The molecular weight excluding hydrogens is 262 g/mol. The number of hydrogen-bond acceptors (Lipinski definition) is 4. The Balaban J connectivity index is 1.61. The van der Waals surface area contributed by atoms with Crippen molar-refractivity contribution < 1.29 is 0 Å². The number of nitrogens with zero attached hydrogens (tertiary/aromatic N) is 4. The van der Waals surface area contributed by atoms with Gasteiger partial charge >= 0.3 is 0 Å². The maximum absolute atomic E-state index is 4.78. The van der Waals surface area contributed by atoms with Crippen LogP contribution in [0.4, 0.5) is 5.95 Å². The van der Waals surface area contributed by atoms with Gasteiger partial charge in [0.05, 0.1) is 5.69 Å². The van der Waals surface area contributed by atoms with Gasteiger partial charge in [-0.15, -0.1) is 0 Å². The number of aryl methyl sites for hydroxylation is 1. The van der Waals surface area contributed by atoms with Crippen molar-refractivity contribution >= 4 is 5.95 Å². The molecule has 1 N–H and O–H groups in total. The van der Waals surface area contributed by atoms with Gasteiger partial charge in [0, 0.05) is 58.6 Å². The van der Waals surface area contributed by atoms with Crippen LogP contribution >= 0.6 is 0 Å². The highest BCUT2D eigenvalue weighted by atomic mass is 15.3. The van der Waals surface area contributed by atoms with Crippen LogP contribution in [0.5, 0.6) is 0 Å². The zero-order valence-electron chi connectivity index (χ0n) is 13.5. The van der Waals surface area contributed by atoms with Gasteiger partial charge in [-0.25, -0.2) is 4.98 Å². The van der Waals surface area contributed by atoms with Crippen molar-refractivity contribution in [2.24, 2.45) is 0 Å². The van der Waals surface area contributed by atoms with Crippen LogP contribution in [0.2, 0.25) is 0 Å². The van der Waals surface area contributed by atoms with E-state index in [2.05, 4.69) is 39.9 Å². The van der Waals surface area contributed by atoms with Gasteiger partial charge in [-0.05, 0) is 19.8 Å². The minimum atomic E-state index is 0.669. The molecule has 0 spiro atoms. The van der Waals surface area contributed by atoms with E-state index < -0.39 is 0 Å². The molecule has 0 aromatic carbocycles. The van der Waals surface area contributed by atoms with E-state index in [4.69, 9.17) is 4.98 Å². The van der Waals surface area contributed by atoms with Gasteiger partial charge in [-0.2, -0.15) is 0 Å². The molecule has 1 saturated heterocycles. The van der Waals surface area contributed by atoms with Crippen molar-refractivity contribution in [3.63, 3.8) is 0 Å². The fraction of sp³-hybridized carbons (Fsp3) is 0.812. The van der Waals surface area contributed by atoms with Crippen LogP contribution in [0.3, 0.4) is 0 Å². The average molecular weight is 291 g/mol. The highest BCUT2D eigenvalue weighted by Crippen LogP contribution is 2.32. The van der Waals surface area contributed by atoms with Gasteiger partial charge in [-0.1, -0.05) is 12.8 Å². The number of imidazole rings is 1. The van der Waals surface area contributed by atoms with Crippen molar-refractivity contribution in [1.82, 2.24) is 19.8 Å². The minimum absolute atomic E-state index is 0.669. The first-order valence-electron chi connectivity index (χ1n) is 8.44. The van der Waals surface area contributed by atoms with E-state index in [9.17, 15) is 0 Å². The number of rotatable bonds is 5. The van der Waals surface area contributed by atoms with E-state index in [-0.39, 0.29) is 0 Å². The van der Waals surface area contributed by atoms with Crippen LogP contribution in [0.1, 0.15) is 37.4 Å². The molecule has 2 fully saturated rings. The Labute approximate surface area is 128 Å². The monoisotopic (exact) mass is 291 g/mol. The van der Waals surface area contributed by atoms with Crippen LogP contribution in [0, 0.1) is 6.92 Å². The topological polar surface area (TPSA) is 36.3 Å². The molecule has 1 aromatic heterocycles. The summed E-state index contributed by atoms with van der Waals surface area (Å²) in [5, 5.41) is 3.41. The maximum atomic E-state index is 4.78. The number of anilines is 1. The Morgan fingerprint density at radius 1 is 1.29 bits per heavy atom. The predicted molar refractivity (Wildman–Crippen MR) is 87.0 cm³/mol. The molecular formula is C16H29N5. The first-order chi connectivity index (χ1) is 10.2. The second-order valence-electron chi connectivity index (χ2n) is 6.54. The molecule has 5 nitrogen and oxygen atoms in total. The quantitative estimate of drug-likeness (QED) is 0.895. The standard InChI is InChI=1S/C16H29N5/c1-14-13-21(15-5-3-4-6-15)16(18-14)19(2)11-12-20-9-7-17-8-10-20/h13,15,17H,3-12H2,1-2H3. The molecule has 0 unspecified atom stereocenters. The first-order valence-corrected chi connectivity index (χ1v) is 8.44. The third kappa shape index (κ3) is 3.58. The van der Waals surface area contributed by atoms with Crippen molar-refractivity contribution in [3.8, 4) is 0 Å². The number of piperazine rings is 1. The SMILES string of the molecule is Cc1cn(C2CCCC2)c(N(C)CCN2CCNCC2)n1. The summed E-state index contributed by atoms with van der Waals surface area (Å²) < 4.78 is 2.43. The third-order valence-electron chi connectivity index (χ3n) is 4.85. The van der Waals surface area contributed by atoms with Crippen molar-refractivity contribution in [1.29, 1.82) is 0 Å². The van der Waals surface area contributed by atoms with Crippen LogP contribution < -0.4 is 10.2 Å². The smallest absolute Gasteiger partial charge is 0.205 e. The molecule has 0 bridgehead atoms. The molecule has 21 heavy (non-hydrogen) atoms. The summed E-state index contributed by atoms with van der Waals surface area (Å²) in [4.78, 5) is 9.66.